The molecule has 0 saturated heterocycles. The van der Waals surface area contributed by atoms with Crippen molar-refractivity contribution in [3.8, 4) is 11.1 Å². The maximum Gasteiger partial charge on any atom is 0.159 e. The minimum atomic E-state index is -1.72. The summed E-state index contributed by atoms with van der Waals surface area (Å²) in [5.41, 5.74) is 17.1. The second-order valence-corrected chi connectivity index (χ2v) is 27.2. The lowest BCUT2D eigenvalue weighted by molar-refractivity contribution is 0.666. The first-order chi connectivity index (χ1) is 38.2. The molecule has 0 amide bonds. The second-order valence-electron chi connectivity index (χ2n) is 22.2. The summed E-state index contributed by atoms with van der Waals surface area (Å²) >= 11 is 0. The third kappa shape index (κ3) is 6.66. The Morgan fingerprint density at radius 2 is 0.795 bits per heavy atom. The highest BCUT2D eigenvalue weighted by molar-refractivity contribution is 6.90. The quantitative estimate of drug-likeness (QED) is 0.142. The Labute approximate surface area is 451 Å². The monoisotopic (exact) mass is 1020 g/mol. The van der Waals surface area contributed by atoms with E-state index in [0.29, 0.717) is 0 Å². The number of fused-ring (bicyclic) bond motifs is 14. The molecule has 0 bridgehead atoms. The van der Waals surface area contributed by atoms with Gasteiger partial charge < -0.3 is 23.0 Å². The summed E-state index contributed by atoms with van der Waals surface area (Å²) in [6, 6.07) is 86.7. The van der Waals surface area contributed by atoms with E-state index in [1.807, 2.05) is 0 Å². The molecule has 0 radical (unpaired) electrons. The van der Waals surface area contributed by atoms with Gasteiger partial charge in [-0.1, -0.05) is 159 Å². The van der Waals surface area contributed by atoms with Crippen LogP contribution in [0.4, 0.5) is 34.1 Å². The van der Waals surface area contributed by atoms with E-state index in [1.54, 1.807) is 0 Å². The van der Waals surface area contributed by atoms with Crippen molar-refractivity contribution in [2.75, 3.05) is 9.80 Å². The van der Waals surface area contributed by atoms with Crippen molar-refractivity contribution >= 4 is 151 Å². The van der Waals surface area contributed by atoms with Gasteiger partial charge in [-0.2, -0.15) is 0 Å². The Hall–Kier alpha value is -9.62. The fraction of sp³-hybridized carbons (Fsp3) is 0.0556. The highest BCUT2D eigenvalue weighted by Crippen LogP contribution is 2.48. The molecule has 0 N–H and O–H groups in total. The molecule has 0 atom stereocenters. The van der Waals surface area contributed by atoms with Crippen molar-refractivity contribution in [2.24, 2.45) is 0 Å². The van der Waals surface area contributed by atoms with Crippen molar-refractivity contribution in [1.82, 2.24) is 4.40 Å². The molecule has 16 rings (SSSR count). The summed E-state index contributed by atoms with van der Waals surface area (Å²) in [6.07, 6.45) is 0. The van der Waals surface area contributed by atoms with Gasteiger partial charge in [0.2, 0.25) is 0 Å². The van der Waals surface area contributed by atoms with Gasteiger partial charge in [0.25, 0.3) is 0 Å². The van der Waals surface area contributed by atoms with Crippen molar-refractivity contribution in [2.45, 2.75) is 26.6 Å². The Morgan fingerprint density at radius 1 is 0.333 bits per heavy atom. The van der Waals surface area contributed by atoms with E-state index >= 15 is 0 Å². The van der Waals surface area contributed by atoms with E-state index < -0.39 is 8.07 Å². The van der Waals surface area contributed by atoms with Crippen LogP contribution in [0.15, 0.2) is 245 Å². The maximum atomic E-state index is 7.07. The molecule has 370 valence electrons. The van der Waals surface area contributed by atoms with Crippen LogP contribution in [-0.4, -0.2) is 12.5 Å². The molecule has 0 saturated carbocycles. The van der Waals surface area contributed by atoms with Crippen LogP contribution in [0, 0.1) is 6.92 Å². The van der Waals surface area contributed by atoms with E-state index in [1.165, 1.54) is 70.6 Å². The van der Waals surface area contributed by atoms with Gasteiger partial charge in [0.05, 0.1) is 36.0 Å². The summed E-state index contributed by atoms with van der Waals surface area (Å²) in [5.74, 6) is 0. The number of nitrogens with zero attached hydrogens (tertiary/aromatic N) is 3. The number of benzene rings is 12. The first-order valence-corrected chi connectivity index (χ1v) is 30.5. The van der Waals surface area contributed by atoms with Gasteiger partial charge in [0, 0.05) is 65.8 Å². The van der Waals surface area contributed by atoms with E-state index in [0.717, 1.165) is 89.0 Å². The van der Waals surface area contributed by atoms with Crippen LogP contribution in [0.1, 0.15) is 5.56 Å². The molecule has 6 heteroatoms. The zero-order chi connectivity index (χ0) is 52.0. The molecule has 0 aliphatic carbocycles. The molecule has 16 aromatic rings. The molecule has 0 fully saturated rings. The van der Waals surface area contributed by atoms with Crippen molar-refractivity contribution in [3.05, 3.63) is 242 Å². The summed E-state index contributed by atoms with van der Waals surface area (Å²) < 4.78 is 16.4. The summed E-state index contributed by atoms with van der Waals surface area (Å²) in [5, 5.41) is 15.5. The normalized spacial score (nSPS) is 12.4. The number of furan rings is 2. The van der Waals surface area contributed by atoms with Crippen LogP contribution in [0.2, 0.25) is 19.6 Å². The number of hydrogen-bond donors (Lipinski definition) is 0. The van der Waals surface area contributed by atoms with Crippen LogP contribution in [0.3, 0.4) is 0 Å². The van der Waals surface area contributed by atoms with Gasteiger partial charge in [-0.15, -0.1) is 0 Å². The molecule has 4 aromatic heterocycles. The topological polar surface area (TPSA) is 37.2 Å². The third-order valence-electron chi connectivity index (χ3n) is 16.4. The molecular formula is C72H51N3O2Si. The predicted molar refractivity (Wildman–Crippen MR) is 333 cm³/mol. The molecule has 0 spiro atoms. The highest BCUT2D eigenvalue weighted by Gasteiger charge is 2.27. The molecule has 78 heavy (non-hydrogen) atoms. The number of para-hydroxylation sites is 6. The Kier molecular flexibility index (Phi) is 9.55. The number of aromatic nitrogens is 1. The van der Waals surface area contributed by atoms with Gasteiger partial charge in [0.1, 0.15) is 11.2 Å². The van der Waals surface area contributed by atoms with E-state index in [4.69, 9.17) is 8.83 Å². The van der Waals surface area contributed by atoms with Crippen molar-refractivity contribution in [1.29, 1.82) is 0 Å². The summed E-state index contributed by atoms with van der Waals surface area (Å²) in [6.45, 7) is 9.30. The van der Waals surface area contributed by atoms with Crippen LogP contribution in [-0.2, 0) is 0 Å². The average molecular weight is 1020 g/mol. The van der Waals surface area contributed by atoms with Gasteiger partial charge in [0.15, 0.2) is 11.2 Å². The van der Waals surface area contributed by atoms with E-state index in [2.05, 4.69) is 277 Å². The molecule has 0 unspecified atom stereocenters. The standard InChI is InChI=1S/C72H51N3O2Si/c1-44-18-14-25-55-56-26-15-29-63(70(56)76-69(44)55)73(51-21-10-6-11-22-51)53-34-32-46-38-59-61-40-50(45-19-8-5-9-20-45)41-62-60-39-47-33-35-54(37-49(47)43-66(60)75(68(61)62)65(59)42-48(46)36-53)74(52-23-12-7-13-24-52)64-30-16-27-57-58-28-17-31-67(78(2,3)4)72(58)77-71(57)64/h5-43H,1-4H3. The lowest BCUT2D eigenvalue weighted by Crippen LogP contribution is -2.37. The minimum absolute atomic E-state index is 0.871. The number of hydrogen-bond acceptors (Lipinski definition) is 4. The summed E-state index contributed by atoms with van der Waals surface area (Å²) in [7, 11) is -1.72. The largest absolute Gasteiger partial charge is 0.454 e. The lowest BCUT2D eigenvalue weighted by Gasteiger charge is -2.26. The number of aryl methyl sites for hydroxylation is 1. The fourth-order valence-electron chi connectivity index (χ4n) is 12.8. The number of rotatable bonds is 8. The van der Waals surface area contributed by atoms with Gasteiger partial charge in [-0.3, -0.25) is 0 Å². The second kappa shape index (κ2) is 16.7. The molecule has 5 nitrogen and oxygen atoms in total. The van der Waals surface area contributed by atoms with Gasteiger partial charge >= 0.3 is 0 Å². The zero-order valence-corrected chi connectivity index (χ0v) is 44.7. The van der Waals surface area contributed by atoms with E-state index in [9.17, 15) is 0 Å². The maximum absolute atomic E-state index is 7.07. The Balaban J connectivity index is 0.923. The molecule has 0 aliphatic heterocycles. The molecule has 12 aromatic carbocycles. The highest BCUT2D eigenvalue weighted by atomic mass is 28.3. The van der Waals surface area contributed by atoms with Gasteiger partial charge in [-0.05, 0) is 147 Å². The van der Waals surface area contributed by atoms with Crippen LogP contribution in [0.25, 0.3) is 115 Å². The first kappa shape index (κ1) is 44.7. The fourth-order valence-corrected chi connectivity index (χ4v) is 14.2. The Bertz CT molecular complexity index is 5090. The lowest BCUT2D eigenvalue weighted by atomic mass is 9.97. The first-order valence-electron chi connectivity index (χ1n) is 27.0. The smallest absolute Gasteiger partial charge is 0.159 e. The van der Waals surface area contributed by atoms with Crippen LogP contribution >= 0.6 is 0 Å². The van der Waals surface area contributed by atoms with E-state index in [-0.39, 0.29) is 0 Å². The van der Waals surface area contributed by atoms with Gasteiger partial charge in [-0.25, -0.2) is 0 Å². The van der Waals surface area contributed by atoms with Crippen LogP contribution in [0.5, 0.6) is 0 Å². The van der Waals surface area contributed by atoms with Crippen molar-refractivity contribution < 1.29 is 8.83 Å². The molecular weight excluding hydrogens is 967 g/mol. The van der Waals surface area contributed by atoms with Crippen molar-refractivity contribution in [3.63, 3.8) is 0 Å². The average Bonchev–Trinajstić information content (AvgIpc) is 3.97. The Morgan fingerprint density at radius 3 is 1.32 bits per heavy atom. The molecule has 4 heterocycles. The zero-order valence-electron chi connectivity index (χ0n) is 43.7. The minimum Gasteiger partial charge on any atom is -0.454 e. The van der Waals surface area contributed by atoms with Crippen LogP contribution < -0.4 is 15.0 Å². The molecule has 0 aliphatic rings. The summed E-state index contributed by atoms with van der Waals surface area (Å²) in [4.78, 5) is 4.71. The third-order valence-corrected chi connectivity index (χ3v) is 18.4. The predicted octanol–water partition coefficient (Wildman–Crippen LogP) is 20.4. The number of anilines is 6. The SMILES string of the molecule is Cc1cccc2c1oc1c(N(c3ccccc3)c3ccc4cc5c6cc(-c7ccccc7)cc7c8cc9ccc(N(c%10ccccc%10)c%10cccc%11c%10oc%10c([Si](C)(C)C)cccc%10%11)cc9cc8n(c5cc4c3)c67)cccc12.